The second-order valence-corrected chi connectivity index (χ2v) is 15.1. The van der Waals surface area contributed by atoms with Gasteiger partial charge in [-0.2, -0.15) is 0 Å². The molecule has 0 spiro atoms. The Hall–Kier alpha value is -6.94. The number of furan rings is 1. The van der Waals surface area contributed by atoms with E-state index in [1.807, 2.05) is 17.4 Å². The van der Waals surface area contributed by atoms with E-state index in [0.717, 1.165) is 61.3 Å². The maximum Gasteiger partial charge on any atom is 0.143 e. The van der Waals surface area contributed by atoms with Crippen molar-refractivity contribution < 1.29 is 4.42 Å². The van der Waals surface area contributed by atoms with Gasteiger partial charge in [0, 0.05) is 43.2 Å². The van der Waals surface area contributed by atoms with E-state index in [4.69, 9.17) is 4.42 Å². The zero-order valence-electron chi connectivity index (χ0n) is 29.8. The van der Waals surface area contributed by atoms with Gasteiger partial charge in [0.1, 0.15) is 11.2 Å². The number of nitrogens with zero attached hydrogens (tertiary/aromatic N) is 1. The molecule has 258 valence electrons. The van der Waals surface area contributed by atoms with Crippen LogP contribution in [0.3, 0.4) is 0 Å². The summed E-state index contributed by atoms with van der Waals surface area (Å²) in [6.45, 7) is 0. The summed E-state index contributed by atoms with van der Waals surface area (Å²) in [4.78, 5) is 2.45. The van der Waals surface area contributed by atoms with Gasteiger partial charge in [0.2, 0.25) is 0 Å². The van der Waals surface area contributed by atoms with E-state index in [1.165, 1.54) is 42.1 Å². The van der Waals surface area contributed by atoms with Crippen LogP contribution in [-0.2, 0) is 0 Å². The number of anilines is 3. The molecule has 0 saturated heterocycles. The predicted octanol–water partition coefficient (Wildman–Crippen LogP) is 15.6. The molecule has 0 atom stereocenters. The van der Waals surface area contributed by atoms with Gasteiger partial charge in [-0.05, 0) is 81.1 Å². The standard InChI is InChI=1S/C52H33NOS/c1-2-14-34(15-3-1)41-31-30-38(33-47(41)45-25-12-24-44-42-21-6-8-28-49(42)54-51(44)45)53(48-27-13-26-46-43-22-7-9-29-50(43)55-52(46)48)37-19-10-18-36(32-37)40-23-11-17-35-16-4-5-20-39(35)40/h1-33H. The van der Waals surface area contributed by atoms with Crippen molar-refractivity contribution in [1.82, 2.24) is 0 Å². The predicted molar refractivity (Wildman–Crippen MR) is 235 cm³/mol. The Bertz CT molecular complexity index is 3220. The van der Waals surface area contributed by atoms with Gasteiger partial charge in [0.15, 0.2) is 0 Å². The van der Waals surface area contributed by atoms with Crippen LogP contribution in [0.1, 0.15) is 0 Å². The number of para-hydroxylation sites is 2. The average molecular weight is 720 g/mol. The lowest BCUT2D eigenvalue weighted by molar-refractivity contribution is 0.670. The molecule has 2 aromatic heterocycles. The van der Waals surface area contributed by atoms with Crippen LogP contribution in [0, 0.1) is 0 Å². The fourth-order valence-electron chi connectivity index (χ4n) is 8.35. The van der Waals surface area contributed by atoms with Gasteiger partial charge >= 0.3 is 0 Å². The highest BCUT2D eigenvalue weighted by Crippen LogP contribution is 2.48. The molecule has 0 aliphatic heterocycles. The fraction of sp³-hybridized carbons (Fsp3) is 0. The monoisotopic (exact) mass is 719 g/mol. The summed E-state index contributed by atoms with van der Waals surface area (Å²) in [6.07, 6.45) is 0. The Morgan fingerprint density at radius 3 is 1.96 bits per heavy atom. The molecule has 55 heavy (non-hydrogen) atoms. The lowest BCUT2D eigenvalue weighted by atomic mass is 9.92. The first-order chi connectivity index (χ1) is 27.3. The highest BCUT2D eigenvalue weighted by Gasteiger charge is 2.22. The molecule has 0 aliphatic carbocycles. The molecule has 0 amide bonds. The van der Waals surface area contributed by atoms with E-state index in [-0.39, 0.29) is 0 Å². The van der Waals surface area contributed by atoms with Crippen molar-refractivity contribution in [1.29, 1.82) is 0 Å². The first-order valence-electron chi connectivity index (χ1n) is 18.7. The van der Waals surface area contributed by atoms with E-state index in [2.05, 4.69) is 199 Å². The van der Waals surface area contributed by atoms with Crippen LogP contribution in [-0.4, -0.2) is 0 Å². The molecule has 0 saturated carbocycles. The van der Waals surface area contributed by atoms with Gasteiger partial charge in [-0.25, -0.2) is 0 Å². The van der Waals surface area contributed by atoms with Crippen LogP contribution in [0.25, 0.3) is 86.3 Å². The summed E-state index contributed by atoms with van der Waals surface area (Å²) in [5.41, 5.74) is 12.0. The minimum absolute atomic E-state index is 0.894. The van der Waals surface area contributed by atoms with Crippen LogP contribution < -0.4 is 4.90 Å². The summed E-state index contributed by atoms with van der Waals surface area (Å²) in [5.74, 6) is 0. The minimum Gasteiger partial charge on any atom is -0.455 e. The van der Waals surface area contributed by atoms with Gasteiger partial charge in [0.05, 0.1) is 10.4 Å². The average Bonchev–Trinajstić information content (AvgIpc) is 3.83. The SMILES string of the molecule is c1ccc(-c2ccc(N(c3cccc(-c4cccc5ccccc45)c3)c3cccc4c3sc3ccccc34)cc2-c2cccc3c2oc2ccccc23)cc1. The fourth-order valence-corrected chi connectivity index (χ4v) is 9.55. The van der Waals surface area contributed by atoms with E-state index in [1.54, 1.807) is 0 Å². The lowest BCUT2D eigenvalue weighted by Gasteiger charge is -2.28. The smallest absolute Gasteiger partial charge is 0.143 e. The summed E-state index contributed by atoms with van der Waals surface area (Å²) in [5, 5.41) is 7.27. The number of benzene rings is 9. The molecule has 0 radical (unpaired) electrons. The molecule has 11 aromatic rings. The van der Waals surface area contributed by atoms with Crippen molar-refractivity contribution in [3.63, 3.8) is 0 Å². The van der Waals surface area contributed by atoms with Gasteiger partial charge in [-0.3, -0.25) is 0 Å². The summed E-state index contributed by atoms with van der Waals surface area (Å²) in [7, 11) is 0. The van der Waals surface area contributed by atoms with Crippen LogP contribution >= 0.6 is 11.3 Å². The molecule has 11 rings (SSSR count). The summed E-state index contributed by atoms with van der Waals surface area (Å²) in [6, 6.07) is 72.2. The summed E-state index contributed by atoms with van der Waals surface area (Å²) < 4.78 is 9.22. The van der Waals surface area contributed by atoms with Gasteiger partial charge < -0.3 is 9.32 Å². The van der Waals surface area contributed by atoms with Gasteiger partial charge in [-0.1, -0.05) is 158 Å². The number of hydrogen-bond acceptors (Lipinski definition) is 3. The zero-order chi connectivity index (χ0) is 36.3. The van der Waals surface area contributed by atoms with E-state index in [0.29, 0.717) is 0 Å². The molecule has 0 aliphatic rings. The van der Waals surface area contributed by atoms with Crippen molar-refractivity contribution in [2.45, 2.75) is 0 Å². The molecular weight excluding hydrogens is 687 g/mol. The zero-order valence-corrected chi connectivity index (χ0v) is 30.6. The number of rotatable bonds is 6. The number of hydrogen-bond donors (Lipinski definition) is 0. The van der Waals surface area contributed by atoms with E-state index >= 15 is 0 Å². The topological polar surface area (TPSA) is 16.4 Å². The maximum atomic E-state index is 6.68. The van der Waals surface area contributed by atoms with Crippen molar-refractivity contribution in [2.75, 3.05) is 4.90 Å². The lowest BCUT2D eigenvalue weighted by Crippen LogP contribution is -2.10. The van der Waals surface area contributed by atoms with Crippen molar-refractivity contribution in [3.05, 3.63) is 200 Å². The molecule has 0 unspecified atom stereocenters. The quantitative estimate of drug-likeness (QED) is 0.170. The summed E-state index contributed by atoms with van der Waals surface area (Å²) >= 11 is 1.86. The number of fused-ring (bicyclic) bond motifs is 7. The second kappa shape index (κ2) is 12.9. The first-order valence-corrected chi connectivity index (χ1v) is 19.5. The highest BCUT2D eigenvalue weighted by molar-refractivity contribution is 7.26. The molecule has 0 bridgehead atoms. The molecule has 3 heteroatoms. The van der Waals surface area contributed by atoms with E-state index in [9.17, 15) is 0 Å². The van der Waals surface area contributed by atoms with Gasteiger partial charge in [0.25, 0.3) is 0 Å². The molecule has 0 fully saturated rings. The van der Waals surface area contributed by atoms with Crippen LogP contribution in [0.4, 0.5) is 17.1 Å². The highest BCUT2D eigenvalue weighted by atomic mass is 32.1. The maximum absolute atomic E-state index is 6.68. The second-order valence-electron chi connectivity index (χ2n) is 14.0. The van der Waals surface area contributed by atoms with Gasteiger partial charge in [-0.15, -0.1) is 11.3 Å². The van der Waals surface area contributed by atoms with Crippen molar-refractivity contribution >= 4 is 81.3 Å². The molecule has 2 heterocycles. The Morgan fingerprint density at radius 1 is 0.382 bits per heavy atom. The molecule has 9 aromatic carbocycles. The van der Waals surface area contributed by atoms with E-state index < -0.39 is 0 Å². The normalized spacial score (nSPS) is 11.6. The Balaban J connectivity index is 1.19. The van der Waals surface area contributed by atoms with Crippen LogP contribution in [0.5, 0.6) is 0 Å². The first kappa shape index (κ1) is 31.6. The molecule has 0 N–H and O–H groups in total. The van der Waals surface area contributed by atoms with Crippen LogP contribution in [0.15, 0.2) is 205 Å². The molecular formula is C52H33NOS. The van der Waals surface area contributed by atoms with Crippen LogP contribution in [0.2, 0.25) is 0 Å². The minimum atomic E-state index is 0.894. The van der Waals surface area contributed by atoms with Crippen molar-refractivity contribution in [3.8, 4) is 33.4 Å². The number of thiophene rings is 1. The third-order valence-electron chi connectivity index (χ3n) is 10.9. The molecule has 2 nitrogen and oxygen atoms in total. The largest absolute Gasteiger partial charge is 0.455 e. The Labute approximate surface area is 322 Å². The van der Waals surface area contributed by atoms with Crippen molar-refractivity contribution in [2.24, 2.45) is 0 Å². The third kappa shape index (κ3) is 5.24. The third-order valence-corrected chi connectivity index (χ3v) is 12.1. The Kier molecular flexibility index (Phi) is 7.39. The Morgan fingerprint density at radius 2 is 1.04 bits per heavy atom.